The number of nitrogens with zero attached hydrogens (tertiary/aromatic N) is 2. The summed E-state index contributed by atoms with van der Waals surface area (Å²) in [5.41, 5.74) is 2.42. The molecule has 2 amide bonds. The average Bonchev–Trinajstić information content (AvgIpc) is 2.83. The van der Waals surface area contributed by atoms with E-state index < -0.39 is 5.97 Å². The smallest absolute Gasteiger partial charge is 0.337 e. The summed E-state index contributed by atoms with van der Waals surface area (Å²) in [7, 11) is 1.32. The Kier molecular flexibility index (Phi) is 8.00. The Morgan fingerprint density at radius 3 is 2.24 bits per heavy atom. The molecule has 0 aliphatic carbocycles. The summed E-state index contributed by atoms with van der Waals surface area (Å²) >= 11 is 5.31. The third-order valence-corrected chi connectivity index (χ3v) is 5.56. The van der Waals surface area contributed by atoms with Crippen molar-refractivity contribution in [2.45, 2.75) is 13.8 Å². The Balaban J connectivity index is 1.76. The van der Waals surface area contributed by atoms with Crippen molar-refractivity contribution < 1.29 is 19.1 Å². The van der Waals surface area contributed by atoms with Gasteiger partial charge in [0.15, 0.2) is 5.11 Å². The van der Waals surface area contributed by atoms with E-state index in [9.17, 15) is 14.4 Å². The van der Waals surface area contributed by atoms with Gasteiger partial charge in [-0.05, 0) is 42.5 Å². The molecule has 9 heteroatoms. The number of thiocarbonyl (C=S) groups is 1. The maximum Gasteiger partial charge on any atom is 0.337 e. The summed E-state index contributed by atoms with van der Waals surface area (Å²) in [6.07, 6.45) is 0. The molecule has 174 valence electrons. The van der Waals surface area contributed by atoms with Gasteiger partial charge in [0.25, 0.3) is 5.91 Å². The Bertz CT molecular complexity index is 1030. The number of hydrogen-bond acceptors (Lipinski definition) is 6. The first kappa shape index (κ1) is 24.2. The van der Waals surface area contributed by atoms with E-state index in [-0.39, 0.29) is 22.8 Å². The first-order chi connectivity index (χ1) is 15.8. The highest BCUT2D eigenvalue weighted by molar-refractivity contribution is 7.80. The Morgan fingerprint density at radius 1 is 0.970 bits per heavy atom. The molecular formula is C24H28N4O4S. The van der Waals surface area contributed by atoms with Crippen LogP contribution in [0.1, 0.15) is 34.6 Å². The first-order valence-electron chi connectivity index (χ1n) is 10.7. The van der Waals surface area contributed by atoms with Gasteiger partial charge in [-0.15, -0.1) is 0 Å². The minimum atomic E-state index is -0.472. The van der Waals surface area contributed by atoms with E-state index >= 15 is 0 Å². The van der Waals surface area contributed by atoms with E-state index in [1.54, 1.807) is 26.0 Å². The number of ether oxygens (including phenoxy) is 1. The van der Waals surface area contributed by atoms with Gasteiger partial charge in [-0.2, -0.15) is 0 Å². The van der Waals surface area contributed by atoms with Crippen LogP contribution in [-0.2, 0) is 9.53 Å². The molecule has 8 nitrogen and oxygen atoms in total. The van der Waals surface area contributed by atoms with Crippen molar-refractivity contribution >= 4 is 46.5 Å². The molecule has 3 rings (SSSR count). The normalized spacial score (nSPS) is 13.5. The number of anilines is 2. The minimum Gasteiger partial charge on any atom is -0.465 e. The van der Waals surface area contributed by atoms with Gasteiger partial charge in [0.1, 0.15) is 0 Å². The van der Waals surface area contributed by atoms with Crippen LogP contribution in [0.4, 0.5) is 11.4 Å². The highest BCUT2D eigenvalue weighted by Crippen LogP contribution is 2.29. The second kappa shape index (κ2) is 10.9. The van der Waals surface area contributed by atoms with Crippen LogP contribution >= 0.6 is 12.2 Å². The van der Waals surface area contributed by atoms with Crippen molar-refractivity contribution in [1.82, 2.24) is 10.2 Å². The van der Waals surface area contributed by atoms with E-state index in [1.165, 1.54) is 7.11 Å². The van der Waals surface area contributed by atoms with Crippen molar-refractivity contribution in [3.8, 4) is 0 Å². The summed E-state index contributed by atoms with van der Waals surface area (Å²) in [6, 6.07) is 14.4. The summed E-state index contributed by atoms with van der Waals surface area (Å²) in [5, 5.41) is 5.84. The van der Waals surface area contributed by atoms with Gasteiger partial charge in [0, 0.05) is 37.7 Å². The highest BCUT2D eigenvalue weighted by atomic mass is 32.1. The van der Waals surface area contributed by atoms with Gasteiger partial charge < -0.3 is 25.2 Å². The van der Waals surface area contributed by atoms with Crippen LogP contribution in [0.3, 0.4) is 0 Å². The summed E-state index contributed by atoms with van der Waals surface area (Å²) < 4.78 is 4.83. The number of carbonyl (C=O) groups excluding carboxylic acids is 3. The number of amides is 2. The summed E-state index contributed by atoms with van der Waals surface area (Å²) in [5.74, 6) is -0.890. The summed E-state index contributed by atoms with van der Waals surface area (Å²) in [4.78, 5) is 40.8. The van der Waals surface area contributed by atoms with E-state index in [1.807, 2.05) is 41.3 Å². The van der Waals surface area contributed by atoms with Crippen LogP contribution in [0.2, 0.25) is 0 Å². The van der Waals surface area contributed by atoms with Crippen molar-refractivity contribution in [3.63, 3.8) is 0 Å². The molecule has 0 atom stereocenters. The standard InChI is InChI=1S/C24H28N4O4S/c1-16(2)21(29)26-24(33)25-19-15-18(23(31)32-3)9-10-20(19)27-11-13-28(14-12-27)22(30)17-7-5-4-6-8-17/h4-10,15-16H,11-14H2,1-3H3,(H2,25,26,29,33). The van der Waals surface area contributed by atoms with Gasteiger partial charge in [-0.25, -0.2) is 4.79 Å². The number of benzene rings is 2. The molecular weight excluding hydrogens is 440 g/mol. The SMILES string of the molecule is COC(=O)c1ccc(N2CCN(C(=O)c3ccccc3)CC2)c(NC(=S)NC(=O)C(C)C)c1. The van der Waals surface area contributed by atoms with Gasteiger partial charge in [0.2, 0.25) is 5.91 Å². The number of piperazine rings is 1. The first-order valence-corrected chi connectivity index (χ1v) is 11.1. The van der Waals surface area contributed by atoms with Gasteiger partial charge in [0.05, 0.1) is 24.0 Å². The van der Waals surface area contributed by atoms with E-state index in [2.05, 4.69) is 15.5 Å². The lowest BCUT2D eigenvalue weighted by atomic mass is 10.1. The molecule has 0 unspecified atom stereocenters. The molecule has 0 bridgehead atoms. The zero-order chi connectivity index (χ0) is 24.0. The van der Waals surface area contributed by atoms with Gasteiger partial charge in [-0.3, -0.25) is 9.59 Å². The lowest BCUT2D eigenvalue weighted by Crippen LogP contribution is -2.49. The van der Waals surface area contributed by atoms with Crippen molar-refractivity contribution in [2.75, 3.05) is 43.5 Å². The molecule has 0 spiro atoms. The molecule has 2 aromatic carbocycles. The molecule has 2 aromatic rings. The quantitative estimate of drug-likeness (QED) is 0.515. The lowest BCUT2D eigenvalue weighted by Gasteiger charge is -2.37. The lowest BCUT2D eigenvalue weighted by molar-refractivity contribution is -0.122. The molecule has 1 aliphatic heterocycles. The van der Waals surface area contributed by atoms with Crippen LogP contribution in [0.5, 0.6) is 0 Å². The van der Waals surface area contributed by atoms with Gasteiger partial charge in [-0.1, -0.05) is 32.0 Å². The van der Waals surface area contributed by atoms with Crippen LogP contribution in [0.15, 0.2) is 48.5 Å². The van der Waals surface area contributed by atoms with Crippen molar-refractivity contribution in [2.24, 2.45) is 5.92 Å². The molecule has 1 saturated heterocycles. The number of methoxy groups -OCH3 is 1. The predicted octanol–water partition coefficient (Wildman–Crippen LogP) is 2.90. The molecule has 0 saturated carbocycles. The van der Waals surface area contributed by atoms with E-state index in [4.69, 9.17) is 17.0 Å². The largest absolute Gasteiger partial charge is 0.465 e. The molecule has 0 aromatic heterocycles. The Morgan fingerprint density at radius 2 is 1.64 bits per heavy atom. The fourth-order valence-corrected chi connectivity index (χ4v) is 3.69. The maximum atomic E-state index is 12.8. The van der Waals surface area contributed by atoms with Crippen molar-refractivity contribution in [1.29, 1.82) is 0 Å². The van der Waals surface area contributed by atoms with Gasteiger partial charge >= 0.3 is 5.97 Å². The van der Waals surface area contributed by atoms with Crippen LogP contribution in [0.25, 0.3) is 0 Å². The fourth-order valence-electron chi connectivity index (χ4n) is 3.48. The molecule has 2 N–H and O–H groups in total. The Hall–Kier alpha value is -3.46. The Labute approximate surface area is 198 Å². The second-order valence-electron chi connectivity index (χ2n) is 7.97. The maximum absolute atomic E-state index is 12.8. The average molecular weight is 469 g/mol. The number of hydrogen-bond donors (Lipinski definition) is 2. The number of carbonyl (C=O) groups is 3. The molecule has 0 radical (unpaired) electrons. The molecule has 1 heterocycles. The van der Waals surface area contributed by atoms with Crippen molar-refractivity contribution in [3.05, 3.63) is 59.7 Å². The predicted molar refractivity (Wildman–Crippen MR) is 132 cm³/mol. The minimum absolute atomic E-state index is 0.00668. The zero-order valence-corrected chi connectivity index (χ0v) is 19.8. The fraction of sp³-hybridized carbons (Fsp3) is 0.333. The zero-order valence-electron chi connectivity index (χ0n) is 19.0. The monoisotopic (exact) mass is 468 g/mol. The molecule has 1 aliphatic rings. The molecule has 1 fully saturated rings. The topological polar surface area (TPSA) is 91.0 Å². The third-order valence-electron chi connectivity index (χ3n) is 5.36. The second-order valence-corrected chi connectivity index (χ2v) is 8.38. The van der Waals surface area contributed by atoms with Crippen LogP contribution in [0, 0.1) is 5.92 Å². The highest BCUT2D eigenvalue weighted by Gasteiger charge is 2.24. The summed E-state index contributed by atoms with van der Waals surface area (Å²) in [6.45, 7) is 5.88. The number of rotatable bonds is 5. The number of nitrogens with one attached hydrogen (secondary N) is 2. The number of esters is 1. The van der Waals surface area contributed by atoms with E-state index in [0.717, 1.165) is 5.69 Å². The van der Waals surface area contributed by atoms with Crippen LogP contribution < -0.4 is 15.5 Å². The van der Waals surface area contributed by atoms with Crippen LogP contribution in [-0.4, -0.2) is 61.1 Å². The third kappa shape index (κ3) is 6.07. The van der Waals surface area contributed by atoms with E-state index in [0.29, 0.717) is 43.0 Å². The molecule has 33 heavy (non-hydrogen) atoms.